The molecule has 0 aliphatic carbocycles. The summed E-state index contributed by atoms with van der Waals surface area (Å²) in [6, 6.07) is 10.1. The van der Waals surface area contributed by atoms with E-state index < -0.39 is 5.54 Å². The molecule has 0 aromatic heterocycles. The highest BCUT2D eigenvalue weighted by atomic mass is 16.5. The Morgan fingerprint density at radius 2 is 1.95 bits per heavy atom. The molecule has 1 rings (SSSR count). The molecule has 1 aromatic rings. The average molecular weight is 265 g/mol. The Hall–Kier alpha value is -0.900. The topological polar surface area (TPSA) is 41.5 Å². The van der Waals surface area contributed by atoms with Crippen molar-refractivity contribution in [1.29, 1.82) is 0 Å². The standard InChI is InChI=1S/C16H27NO2/c1-4-11-17-16(13-18,10-12-19-14(2)3)15-8-6-5-7-9-15/h5-9,14,17-18H,4,10-13H2,1-3H3. The van der Waals surface area contributed by atoms with Crippen molar-refractivity contribution in [2.45, 2.75) is 45.3 Å². The Bertz CT molecular complexity index is 340. The van der Waals surface area contributed by atoms with Crippen LogP contribution in [-0.2, 0) is 10.3 Å². The van der Waals surface area contributed by atoms with Crippen molar-refractivity contribution in [3.8, 4) is 0 Å². The van der Waals surface area contributed by atoms with Crippen LogP contribution in [0.15, 0.2) is 30.3 Å². The third-order valence-corrected chi connectivity index (χ3v) is 3.29. The van der Waals surface area contributed by atoms with Gasteiger partial charge in [-0.15, -0.1) is 0 Å². The minimum absolute atomic E-state index is 0.0818. The first-order valence-corrected chi connectivity index (χ1v) is 7.17. The first-order valence-electron chi connectivity index (χ1n) is 7.17. The van der Waals surface area contributed by atoms with Gasteiger partial charge in [-0.1, -0.05) is 37.3 Å². The lowest BCUT2D eigenvalue weighted by atomic mass is 9.87. The third kappa shape index (κ3) is 4.94. The molecule has 1 atom stereocenters. The van der Waals surface area contributed by atoms with E-state index in [0.29, 0.717) is 6.61 Å². The number of hydrogen-bond acceptors (Lipinski definition) is 3. The number of ether oxygens (including phenoxy) is 1. The van der Waals surface area contributed by atoms with E-state index in [1.807, 2.05) is 32.0 Å². The van der Waals surface area contributed by atoms with E-state index in [4.69, 9.17) is 4.74 Å². The Morgan fingerprint density at radius 3 is 2.47 bits per heavy atom. The number of aliphatic hydroxyl groups is 1. The SMILES string of the molecule is CCCNC(CO)(CCOC(C)C)c1ccccc1. The molecule has 1 aromatic carbocycles. The highest BCUT2D eigenvalue weighted by molar-refractivity contribution is 5.24. The van der Waals surface area contributed by atoms with Gasteiger partial charge in [-0.05, 0) is 38.8 Å². The van der Waals surface area contributed by atoms with Gasteiger partial charge in [-0.3, -0.25) is 0 Å². The Morgan fingerprint density at radius 1 is 1.26 bits per heavy atom. The average Bonchev–Trinajstić information content (AvgIpc) is 2.43. The zero-order valence-corrected chi connectivity index (χ0v) is 12.4. The molecule has 0 amide bonds. The molecule has 3 heteroatoms. The molecule has 108 valence electrons. The van der Waals surface area contributed by atoms with Crippen molar-refractivity contribution in [2.24, 2.45) is 0 Å². The molecule has 0 radical (unpaired) electrons. The molecule has 0 saturated heterocycles. The number of aliphatic hydroxyl groups excluding tert-OH is 1. The van der Waals surface area contributed by atoms with Gasteiger partial charge in [0.15, 0.2) is 0 Å². The molecule has 0 heterocycles. The van der Waals surface area contributed by atoms with Crippen LogP contribution in [0.5, 0.6) is 0 Å². The third-order valence-electron chi connectivity index (χ3n) is 3.29. The molecular formula is C16H27NO2. The van der Waals surface area contributed by atoms with Gasteiger partial charge in [-0.25, -0.2) is 0 Å². The number of hydrogen-bond donors (Lipinski definition) is 2. The van der Waals surface area contributed by atoms with Crippen LogP contribution in [0.4, 0.5) is 0 Å². The van der Waals surface area contributed by atoms with Crippen molar-refractivity contribution < 1.29 is 9.84 Å². The van der Waals surface area contributed by atoms with Crippen molar-refractivity contribution in [1.82, 2.24) is 5.32 Å². The van der Waals surface area contributed by atoms with Crippen LogP contribution in [0, 0.1) is 0 Å². The molecule has 0 saturated carbocycles. The lowest BCUT2D eigenvalue weighted by Gasteiger charge is -2.34. The second-order valence-corrected chi connectivity index (χ2v) is 5.20. The van der Waals surface area contributed by atoms with E-state index in [1.54, 1.807) is 0 Å². The summed E-state index contributed by atoms with van der Waals surface area (Å²) >= 11 is 0. The van der Waals surface area contributed by atoms with Gasteiger partial charge in [-0.2, -0.15) is 0 Å². The van der Waals surface area contributed by atoms with Gasteiger partial charge in [0.2, 0.25) is 0 Å². The molecule has 3 nitrogen and oxygen atoms in total. The molecule has 1 unspecified atom stereocenters. The fourth-order valence-corrected chi connectivity index (χ4v) is 2.15. The first kappa shape index (κ1) is 16.2. The maximum atomic E-state index is 9.90. The second kappa shape index (κ2) is 8.31. The monoisotopic (exact) mass is 265 g/mol. The molecule has 0 aliphatic rings. The zero-order chi connectivity index (χ0) is 14.1. The van der Waals surface area contributed by atoms with E-state index in [1.165, 1.54) is 0 Å². The maximum absolute atomic E-state index is 9.90. The molecule has 2 N–H and O–H groups in total. The van der Waals surface area contributed by atoms with Crippen LogP contribution in [-0.4, -0.2) is 31.0 Å². The maximum Gasteiger partial charge on any atom is 0.0691 e. The lowest BCUT2D eigenvalue weighted by molar-refractivity contribution is 0.0449. The quantitative estimate of drug-likeness (QED) is 0.721. The van der Waals surface area contributed by atoms with Crippen LogP contribution in [0.2, 0.25) is 0 Å². The lowest BCUT2D eigenvalue weighted by Crippen LogP contribution is -2.47. The van der Waals surface area contributed by atoms with Crippen LogP contribution in [0.1, 0.15) is 39.2 Å². The van der Waals surface area contributed by atoms with Crippen molar-refractivity contribution in [2.75, 3.05) is 19.8 Å². The largest absolute Gasteiger partial charge is 0.394 e. The summed E-state index contributed by atoms with van der Waals surface area (Å²) < 4.78 is 5.65. The van der Waals surface area contributed by atoms with Crippen LogP contribution in [0.25, 0.3) is 0 Å². The summed E-state index contributed by atoms with van der Waals surface area (Å²) in [5.41, 5.74) is 0.727. The van der Waals surface area contributed by atoms with Gasteiger partial charge >= 0.3 is 0 Å². The molecule has 0 aliphatic heterocycles. The molecule has 0 fully saturated rings. The van der Waals surface area contributed by atoms with Crippen molar-refractivity contribution in [3.05, 3.63) is 35.9 Å². The van der Waals surface area contributed by atoms with E-state index in [0.717, 1.165) is 24.9 Å². The predicted octanol–water partition coefficient (Wildman–Crippen LogP) is 2.69. The highest BCUT2D eigenvalue weighted by Gasteiger charge is 2.30. The Kier molecular flexibility index (Phi) is 7.06. The smallest absolute Gasteiger partial charge is 0.0691 e. The van der Waals surface area contributed by atoms with Gasteiger partial charge in [0.05, 0.1) is 18.2 Å². The van der Waals surface area contributed by atoms with Crippen LogP contribution in [0.3, 0.4) is 0 Å². The van der Waals surface area contributed by atoms with Gasteiger partial charge in [0, 0.05) is 6.61 Å². The number of rotatable bonds is 9. The normalized spacial score (nSPS) is 14.6. The van der Waals surface area contributed by atoms with Crippen molar-refractivity contribution >= 4 is 0 Å². The van der Waals surface area contributed by atoms with E-state index in [-0.39, 0.29) is 12.7 Å². The predicted molar refractivity (Wildman–Crippen MR) is 79.2 cm³/mol. The summed E-state index contributed by atoms with van der Waals surface area (Å²) in [5, 5.41) is 13.4. The summed E-state index contributed by atoms with van der Waals surface area (Å²) in [7, 11) is 0. The minimum Gasteiger partial charge on any atom is -0.394 e. The summed E-state index contributed by atoms with van der Waals surface area (Å²) in [6.45, 7) is 7.80. The number of benzene rings is 1. The van der Waals surface area contributed by atoms with Crippen molar-refractivity contribution in [3.63, 3.8) is 0 Å². The number of nitrogens with one attached hydrogen (secondary N) is 1. The fraction of sp³-hybridized carbons (Fsp3) is 0.625. The van der Waals surface area contributed by atoms with E-state index >= 15 is 0 Å². The zero-order valence-electron chi connectivity index (χ0n) is 12.4. The van der Waals surface area contributed by atoms with Gasteiger partial charge in [0.25, 0.3) is 0 Å². The van der Waals surface area contributed by atoms with Gasteiger partial charge in [0.1, 0.15) is 0 Å². The summed E-state index contributed by atoms with van der Waals surface area (Å²) in [5.74, 6) is 0. The first-order chi connectivity index (χ1) is 9.14. The van der Waals surface area contributed by atoms with Crippen LogP contribution < -0.4 is 5.32 Å². The minimum atomic E-state index is -0.397. The summed E-state index contributed by atoms with van der Waals surface area (Å²) in [4.78, 5) is 0. The van der Waals surface area contributed by atoms with E-state index in [9.17, 15) is 5.11 Å². The fourth-order valence-electron chi connectivity index (χ4n) is 2.15. The van der Waals surface area contributed by atoms with E-state index in [2.05, 4.69) is 24.4 Å². The Labute approximate surface area is 117 Å². The highest BCUT2D eigenvalue weighted by Crippen LogP contribution is 2.25. The Balaban J connectivity index is 2.81. The van der Waals surface area contributed by atoms with Gasteiger partial charge < -0.3 is 15.2 Å². The molecular weight excluding hydrogens is 238 g/mol. The second-order valence-electron chi connectivity index (χ2n) is 5.20. The molecule has 0 spiro atoms. The molecule has 0 bridgehead atoms. The molecule has 19 heavy (non-hydrogen) atoms. The van der Waals surface area contributed by atoms with Crippen LogP contribution >= 0.6 is 0 Å². The summed E-state index contributed by atoms with van der Waals surface area (Å²) in [6.07, 6.45) is 2.03.